The Morgan fingerprint density at radius 1 is 1.74 bits per heavy atom. The number of hydrogen-bond donors (Lipinski definition) is 0. The molecule has 0 aliphatic heterocycles. The zero-order valence-electron chi connectivity index (χ0n) is 13.5. The quantitative estimate of drug-likeness (QED) is 0.267. The molecule has 3 radical (unpaired) electrons. The van der Waals surface area contributed by atoms with Crippen LogP contribution in [0.15, 0.2) is 0 Å². The molecule has 1 aliphatic carbocycles. The van der Waals surface area contributed by atoms with Crippen LogP contribution < -0.4 is 0 Å². The molecule has 1 aliphatic rings. The second kappa shape index (κ2) is 10.00. The van der Waals surface area contributed by atoms with Gasteiger partial charge in [0.15, 0.2) is 0 Å². The SMILES string of the molecule is [2H]P([B][3H])SOC[C@H]1C[C@@H](OCOC)[C@@H](OP([B])C)[C@@H]1C. The Morgan fingerprint density at radius 3 is 3.16 bits per heavy atom. The van der Waals surface area contributed by atoms with Crippen LogP contribution in [-0.4, -0.2) is 57.1 Å². The van der Waals surface area contributed by atoms with Gasteiger partial charge in [0, 0.05) is 18.8 Å². The summed E-state index contributed by atoms with van der Waals surface area (Å²) in [4.78, 5) is 0. The van der Waals surface area contributed by atoms with E-state index in [-0.39, 0.29) is 30.8 Å². The molecule has 0 N–H and O–H groups in total. The normalized spacial score (nSPS) is 35.5. The first-order valence-electron chi connectivity index (χ1n) is 7.07. The number of methoxy groups -OCH3 is 1. The van der Waals surface area contributed by atoms with Crippen LogP contribution in [0.4, 0.5) is 0 Å². The first kappa shape index (κ1) is 15.1. The fourth-order valence-corrected chi connectivity index (χ4v) is 3.67. The summed E-state index contributed by atoms with van der Waals surface area (Å²) in [5.41, 5.74) is 0. The molecule has 0 heterocycles. The van der Waals surface area contributed by atoms with Crippen LogP contribution in [-0.2, 0) is 18.2 Å². The van der Waals surface area contributed by atoms with Crippen molar-refractivity contribution in [3.8, 4) is 0 Å². The summed E-state index contributed by atoms with van der Waals surface area (Å²) in [6, 6.07) is 0. The van der Waals surface area contributed by atoms with Gasteiger partial charge in [0.25, 0.3) is 0 Å². The van der Waals surface area contributed by atoms with E-state index in [9.17, 15) is 0 Å². The minimum atomic E-state index is -1.27. The Morgan fingerprint density at radius 2 is 2.53 bits per heavy atom. The molecule has 0 bridgehead atoms. The van der Waals surface area contributed by atoms with E-state index in [0.29, 0.717) is 6.61 Å². The van der Waals surface area contributed by atoms with Crippen molar-refractivity contribution in [2.45, 2.75) is 25.6 Å². The van der Waals surface area contributed by atoms with Gasteiger partial charge in [-0.25, -0.2) is 0 Å². The smallest absolute Gasteiger partial charge is 0.148 e. The van der Waals surface area contributed by atoms with Crippen molar-refractivity contribution in [2.24, 2.45) is 11.8 Å². The van der Waals surface area contributed by atoms with Crippen LogP contribution in [0.25, 0.3) is 0 Å². The Labute approximate surface area is 128 Å². The molecule has 1 saturated carbocycles. The van der Waals surface area contributed by atoms with Gasteiger partial charge in [0.2, 0.25) is 0 Å². The van der Waals surface area contributed by atoms with Crippen LogP contribution in [0.5, 0.6) is 0 Å². The topological polar surface area (TPSA) is 36.9 Å². The minimum Gasteiger partial charge on any atom is -0.364 e. The van der Waals surface area contributed by atoms with E-state index >= 15 is 0 Å². The van der Waals surface area contributed by atoms with Crippen LogP contribution >= 0.6 is 27.3 Å². The van der Waals surface area contributed by atoms with Crippen molar-refractivity contribution in [1.82, 2.24) is 0 Å². The molecule has 0 aromatic rings. The highest BCUT2D eigenvalue weighted by Gasteiger charge is 2.42. The standard InChI is InChI=1S/C10H21B2O4P2S/c1-7-8(5-15-19-17-11)4-9(14-6-13-2)10(7)16-18(3)12/h7-11,17H,4-6H2,1-3H3/t7-,8-,9-,10+,17?,18?/m1/s1/i11T,17D. The second-order valence-corrected chi connectivity index (χ2v) is 7.53. The molecule has 107 valence electrons. The lowest BCUT2D eigenvalue weighted by molar-refractivity contribution is -0.0984. The van der Waals surface area contributed by atoms with Crippen molar-refractivity contribution in [3.63, 3.8) is 0 Å². The van der Waals surface area contributed by atoms with E-state index in [0.717, 1.165) is 25.6 Å². The lowest BCUT2D eigenvalue weighted by Gasteiger charge is -2.26. The summed E-state index contributed by atoms with van der Waals surface area (Å²) in [5, 5.41) is 0. The number of ether oxygens (including phenoxy) is 2. The van der Waals surface area contributed by atoms with Crippen molar-refractivity contribution in [2.75, 3.05) is 27.2 Å². The minimum absolute atomic E-state index is 0.0488. The molecule has 0 amide bonds. The first-order chi connectivity index (χ1) is 9.99. The van der Waals surface area contributed by atoms with Gasteiger partial charge in [-0.1, -0.05) is 14.5 Å². The van der Waals surface area contributed by atoms with E-state index < -0.39 is 15.6 Å². The fraction of sp³-hybridized carbons (Fsp3) is 1.00. The van der Waals surface area contributed by atoms with Crippen LogP contribution in [0.2, 0.25) is 0 Å². The number of rotatable bonds is 10. The van der Waals surface area contributed by atoms with Gasteiger partial charge in [-0.15, -0.1) is 0 Å². The Hall–Kier alpha value is 1.18. The van der Waals surface area contributed by atoms with Crippen molar-refractivity contribution < 1.29 is 18.2 Å². The third-order valence-corrected chi connectivity index (χ3v) is 4.71. The monoisotopic (exact) mass is 324 g/mol. The molecule has 1 rings (SSSR count). The highest BCUT2D eigenvalue weighted by molar-refractivity contribution is 8.53. The van der Waals surface area contributed by atoms with Crippen molar-refractivity contribution in [3.05, 3.63) is 0 Å². The van der Waals surface area contributed by atoms with Crippen LogP contribution in [0, 0.1) is 11.8 Å². The zero-order chi connectivity index (χ0) is 15.8. The highest BCUT2D eigenvalue weighted by atomic mass is 32.7. The second-order valence-electron chi connectivity index (χ2n) is 4.55. The summed E-state index contributed by atoms with van der Waals surface area (Å²) in [5.74, 6) is 0.548. The molecule has 0 aromatic heterocycles. The van der Waals surface area contributed by atoms with E-state index in [4.69, 9.17) is 28.4 Å². The van der Waals surface area contributed by atoms with Gasteiger partial charge >= 0.3 is 0 Å². The predicted molar refractivity (Wildman–Crippen MR) is 86.5 cm³/mol. The largest absolute Gasteiger partial charge is 0.364 e. The maximum atomic E-state index is 7.49. The molecule has 9 heteroatoms. The van der Waals surface area contributed by atoms with Crippen LogP contribution in [0.1, 0.15) is 13.3 Å². The Balaban J connectivity index is 2.49. The van der Waals surface area contributed by atoms with E-state index in [1.165, 1.54) is 0 Å². The Kier molecular flexibility index (Phi) is 7.94. The van der Waals surface area contributed by atoms with Crippen LogP contribution in [0.3, 0.4) is 0 Å². The molecular weight excluding hydrogens is 300 g/mol. The molecular formula is C10H21B2O4P2S. The van der Waals surface area contributed by atoms with Crippen molar-refractivity contribution >= 4 is 42.4 Å². The predicted octanol–water partition coefficient (Wildman–Crippen LogP) is 2.20. The maximum absolute atomic E-state index is 7.49. The third-order valence-electron chi connectivity index (χ3n) is 3.23. The lowest BCUT2D eigenvalue weighted by Crippen LogP contribution is -2.29. The Bertz CT molecular complexity index is 300. The molecule has 0 spiro atoms. The van der Waals surface area contributed by atoms with Gasteiger partial charge in [-0.2, -0.15) is 0 Å². The third kappa shape index (κ3) is 6.22. The van der Waals surface area contributed by atoms with Crippen molar-refractivity contribution in [1.29, 1.82) is 2.61 Å². The molecule has 19 heavy (non-hydrogen) atoms. The zero-order valence-corrected chi connectivity index (χ0v) is 14.1. The van der Waals surface area contributed by atoms with E-state index in [1.54, 1.807) is 7.11 Å². The molecule has 6 atom stereocenters. The average Bonchev–Trinajstić information content (AvgIpc) is 2.73. The maximum Gasteiger partial charge on any atom is 0.148 e. The van der Waals surface area contributed by atoms with Gasteiger partial charge in [-0.3, -0.25) is 0 Å². The van der Waals surface area contributed by atoms with E-state index in [1.807, 2.05) is 6.66 Å². The fourth-order valence-electron chi connectivity index (χ4n) is 2.30. The molecule has 1 fully saturated rings. The number of hydrogen-bond acceptors (Lipinski definition) is 5. The molecule has 0 aromatic carbocycles. The summed E-state index contributed by atoms with van der Waals surface area (Å²) in [6.45, 7) is 4.74. The summed E-state index contributed by atoms with van der Waals surface area (Å²) in [7, 11) is 6.28. The molecule has 2 unspecified atom stereocenters. The van der Waals surface area contributed by atoms with E-state index in [2.05, 4.69) is 6.92 Å². The molecule has 0 saturated heterocycles. The van der Waals surface area contributed by atoms with Gasteiger partial charge in [-0.05, 0) is 34.3 Å². The summed E-state index contributed by atoms with van der Waals surface area (Å²) >= 11 is 1.06. The molecule has 4 nitrogen and oxygen atoms in total. The lowest BCUT2D eigenvalue weighted by atomic mass is 9.98. The first-order valence-corrected chi connectivity index (χ1v) is 10.1. The highest BCUT2D eigenvalue weighted by Crippen LogP contribution is 2.42. The van der Waals surface area contributed by atoms with Gasteiger partial charge in [0.1, 0.15) is 21.9 Å². The average molecular weight is 324 g/mol. The van der Waals surface area contributed by atoms with Gasteiger partial charge < -0.3 is 18.2 Å². The summed E-state index contributed by atoms with van der Waals surface area (Å²) in [6.07, 6.45) is 0.715. The van der Waals surface area contributed by atoms with Gasteiger partial charge in [0.05, 0.1) is 20.1 Å². The summed E-state index contributed by atoms with van der Waals surface area (Å²) < 4.78 is 36.5.